The molecule has 1 aliphatic rings. The Morgan fingerprint density at radius 2 is 2.11 bits per heavy atom. The molecule has 0 aliphatic heterocycles. The highest BCUT2D eigenvalue weighted by Gasteiger charge is 2.37. The van der Waals surface area contributed by atoms with E-state index in [4.69, 9.17) is 4.74 Å². The molecule has 4 heteroatoms. The van der Waals surface area contributed by atoms with Gasteiger partial charge in [-0.3, -0.25) is 9.59 Å². The molecule has 1 rings (SSSR count). The van der Waals surface area contributed by atoms with Gasteiger partial charge in [0.1, 0.15) is 11.9 Å². The monoisotopic (exact) mass is 268 g/mol. The first kappa shape index (κ1) is 15.7. The number of aliphatic hydroxyl groups excluding tert-OH is 1. The summed E-state index contributed by atoms with van der Waals surface area (Å²) in [6, 6.07) is 0. The van der Waals surface area contributed by atoms with Gasteiger partial charge in [0.2, 0.25) is 0 Å². The molecule has 19 heavy (non-hydrogen) atoms. The van der Waals surface area contributed by atoms with E-state index < -0.39 is 12.1 Å². The average Bonchev–Trinajstić information content (AvgIpc) is 2.69. The Morgan fingerprint density at radius 1 is 1.37 bits per heavy atom. The van der Waals surface area contributed by atoms with E-state index in [2.05, 4.69) is 6.92 Å². The molecule has 0 amide bonds. The molecule has 1 fully saturated rings. The molecule has 2 atom stereocenters. The van der Waals surface area contributed by atoms with E-state index in [9.17, 15) is 14.7 Å². The van der Waals surface area contributed by atoms with Crippen LogP contribution in [0.3, 0.4) is 0 Å². The Balaban J connectivity index is 2.48. The largest absolute Gasteiger partial charge is 0.512 e. The second-order valence-corrected chi connectivity index (χ2v) is 5.18. The fourth-order valence-electron chi connectivity index (χ4n) is 2.43. The number of hydrogen-bond donors (Lipinski definition) is 1. The number of hydrogen-bond acceptors (Lipinski definition) is 4. The summed E-state index contributed by atoms with van der Waals surface area (Å²) in [5, 5.41) is 10.0. The fraction of sp³-hybridized carbons (Fsp3) is 0.733. The maximum Gasteiger partial charge on any atom is 0.302 e. The van der Waals surface area contributed by atoms with Gasteiger partial charge >= 0.3 is 5.97 Å². The van der Waals surface area contributed by atoms with Crippen LogP contribution in [0.4, 0.5) is 0 Å². The van der Waals surface area contributed by atoms with Crippen molar-refractivity contribution in [3.05, 3.63) is 11.8 Å². The lowest BCUT2D eigenvalue weighted by molar-refractivity contribution is -0.147. The first-order valence-electron chi connectivity index (χ1n) is 7.12. The van der Waals surface area contributed by atoms with E-state index in [0.717, 1.165) is 19.3 Å². The summed E-state index contributed by atoms with van der Waals surface area (Å²) < 4.78 is 5.10. The minimum Gasteiger partial charge on any atom is -0.512 e. The Labute approximate surface area is 114 Å². The highest BCUT2D eigenvalue weighted by molar-refractivity contribution is 5.82. The van der Waals surface area contributed by atoms with Crippen LogP contribution in [0.1, 0.15) is 58.8 Å². The molecule has 0 spiro atoms. The lowest BCUT2D eigenvalue weighted by Crippen LogP contribution is -2.22. The normalized spacial score (nSPS) is 23.7. The first-order valence-corrected chi connectivity index (χ1v) is 7.12. The molecule has 0 aromatic carbocycles. The summed E-state index contributed by atoms with van der Waals surface area (Å²) in [6.07, 6.45) is 7.16. The topological polar surface area (TPSA) is 63.6 Å². The van der Waals surface area contributed by atoms with Crippen LogP contribution in [0.25, 0.3) is 0 Å². The molecule has 0 saturated heterocycles. The molecule has 0 aromatic heterocycles. The van der Waals surface area contributed by atoms with Crippen molar-refractivity contribution in [2.24, 2.45) is 5.92 Å². The zero-order valence-electron chi connectivity index (χ0n) is 11.9. The van der Waals surface area contributed by atoms with Gasteiger partial charge in [0.15, 0.2) is 0 Å². The van der Waals surface area contributed by atoms with Gasteiger partial charge in [-0.05, 0) is 18.9 Å². The number of carbonyl (C=O) groups is 2. The van der Waals surface area contributed by atoms with Gasteiger partial charge in [0.05, 0.1) is 11.7 Å². The second kappa shape index (κ2) is 7.97. The third-order valence-electron chi connectivity index (χ3n) is 3.43. The van der Waals surface area contributed by atoms with Gasteiger partial charge in [-0.15, -0.1) is 0 Å². The summed E-state index contributed by atoms with van der Waals surface area (Å²) in [5.74, 6) is -0.501. The van der Waals surface area contributed by atoms with Gasteiger partial charge in [-0.2, -0.15) is 0 Å². The molecule has 0 heterocycles. The molecule has 0 aromatic rings. The van der Waals surface area contributed by atoms with Gasteiger partial charge in [0, 0.05) is 19.8 Å². The van der Waals surface area contributed by atoms with Gasteiger partial charge in [-0.25, -0.2) is 0 Å². The van der Waals surface area contributed by atoms with E-state index in [1.54, 1.807) is 6.08 Å². The average molecular weight is 268 g/mol. The molecule has 1 N–H and O–H groups in total. The lowest BCUT2D eigenvalue weighted by Gasteiger charge is -2.18. The van der Waals surface area contributed by atoms with E-state index >= 15 is 0 Å². The molecular formula is C15H24O4. The molecule has 0 unspecified atom stereocenters. The van der Waals surface area contributed by atoms with Crippen molar-refractivity contribution in [3.8, 4) is 0 Å². The summed E-state index contributed by atoms with van der Waals surface area (Å²) in [7, 11) is 0. The molecule has 0 bridgehead atoms. The van der Waals surface area contributed by atoms with E-state index in [1.807, 2.05) is 0 Å². The number of allylic oxidation sites excluding steroid dienone is 1. The van der Waals surface area contributed by atoms with Crippen molar-refractivity contribution in [2.45, 2.75) is 64.9 Å². The number of Topliss-reactive ketones (excluding diaryl/α,β-unsaturated/α-hetero) is 1. The van der Waals surface area contributed by atoms with E-state index in [0.29, 0.717) is 0 Å². The fourth-order valence-corrected chi connectivity index (χ4v) is 2.43. The van der Waals surface area contributed by atoms with Crippen LogP contribution >= 0.6 is 0 Å². The lowest BCUT2D eigenvalue weighted by atomic mass is 10.0. The van der Waals surface area contributed by atoms with Crippen LogP contribution in [0, 0.1) is 5.92 Å². The number of unbranched alkanes of at least 4 members (excludes halogenated alkanes) is 4. The second-order valence-electron chi connectivity index (χ2n) is 5.18. The summed E-state index contributed by atoms with van der Waals surface area (Å²) in [6.45, 7) is 3.48. The van der Waals surface area contributed by atoms with Crippen LogP contribution in [-0.2, 0) is 14.3 Å². The highest BCUT2D eigenvalue weighted by Crippen LogP contribution is 2.31. The number of aliphatic hydroxyl groups is 1. The highest BCUT2D eigenvalue weighted by atomic mass is 16.5. The van der Waals surface area contributed by atoms with Gasteiger partial charge in [-0.1, -0.05) is 26.2 Å². The Morgan fingerprint density at radius 3 is 2.74 bits per heavy atom. The molecule has 108 valence electrons. The zero-order valence-corrected chi connectivity index (χ0v) is 11.9. The predicted molar refractivity (Wildman–Crippen MR) is 72.8 cm³/mol. The predicted octanol–water partition coefficient (Wildman–Crippen LogP) is 3.31. The Bertz CT molecular complexity index is 346. The third kappa shape index (κ3) is 5.45. The quantitative estimate of drug-likeness (QED) is 0.437. The molecule has 1 aliphatic carbocycles. The van der Waals surface area contributed by atoms with E-state index in [-0.39, 0.29) is 30.3 Å². The number of rotatable bonds is 7. The minimum absolute atomic E-state index is 0.0437. The molecule has 0 radical (unpaired) electrons. The van der Waals surface area contributed by atoms with E-state index in [1.165, 1.54) is 19.8 Å². The Kier molecular flexibility index (Phi) is 6.60. The summed E-state index contributed by atoms with van der Waals surface area (Å²) >= 11 is 0. The molecule has 1 saturated carbocycles. The number of ketones is 1. The summed E-state index contributed by atoms with van der Waals surface area (Å²) in [5.41, 5.74) is 0. The van der Waals surface area contributed by atoms with Crippen LogP contribution < -0.4 is 0 Å². The molecule has 4 nitrogen and oxygen atoms in total. The van der Waals surface area contributed by atoms with Gasteiger partial charge < -0.3 is 9.84 Å². The van der Waals surface area contributed by atoms with Gasteiger partial charge in [0.25, 0.3) is 0 Å². The van der Waals surface area contributed by atoms with Crippen molar-refractivity contribution in [2.75, 3.05) is 0 Å². The van der Waals surface area contributed by atoms with Crippen LogP contribution in [-0.4, -0.2) is 23.0 Å². The van der Waals surface area contributed by atoms with Crippen molar-refractivity contribution < 1.29 is 19.4 Å². The SMILES string of the molecule is CCCCCC/C=C(/O)[C@@H]1CC(=O)C[C@H]1OC(C)=O. The van der Waals surface area contributed by atoms with Crippen LogP contribution in [0.2, 0.25) is 0 Å². The maximum absolute atomic E-state index is 11.4. The molecular weight excluding hydrogens is 244 g/mol. The number of esters is 1. The minimum atomic E-state index is -0.489. The zero-order chi connectivity index (χ0) is 14.3. The smallest absolute Gasteiger partial charge is 0.302 e. The number of carbonyl (C=O) groups excluding carboxylic acids is 2. The third-order valence-corrected chi connectivity index (χ3v) is 3.43. The standard InChI is InChI=1S/C15H24O4/c1-3-4-5-6-7-8-14(18)13-9-12(17)10-15(13)19-11(2)16/h8,13,15,18H,3-7,9-10H2,1-2H3/b14-8+/t13-,15+/m0/s1. The van der Waals surface area contributed by atoms with Crippen molar-refractivity contribution >= 4 is 11.8 Å². The van der Waals surface area contributed by atoms with Crippen molar-refractivity contribution in [1.29, 1.82) is 0 Å². The summed E-state index contributed by atoms with van der Waals surface area (Å²) in [4.78, 5) is 22.4. The van der Waals surface area contributed by atoms with Crippen LogP contribution in [0.5, 0.6) is 0 Å². The Hall–Kier alpha value is -1.32. The van der Waals surface area contributed by atoms with Crippen molar-refractivity contribution in [1.82, 2.24) is 0 Å². The maximum atomic E-state index is 11.4. The first-order chi connectivity index (χ1) is 9.04. The van der Waals surface area contributed by atoms with Crippen molar-refractivity contribution in [3.63, 3.8) is 0 Å². The van der Waals surface area contributed by atoms with Crippen LogP contribution in [0.15, 0.2) is 11.8 Å². The number of ether oxygens (including phenoxy) is 1.